The van der Waals surface area contributed by atoms with Gasteiger partial charge in [-0.15, -0.1) is 0 Å². The van der Waals surface area contributed by atoms with E-state index in [0.29, 0.717) is 47.1 Å². The van der Waals surface area contributed by atoms with Crippen LogP contribution in [0.15, 0.2) is 39.8 Å². The predicted molar refractivity (Wildman–Crippen MR) is 112 cm³/mol. The smallest absolute Gasteiger partial charge is 0.306 e. The minimum absolute atomic E-state index is 0.108. The first kappa shape index (κ1) is 19.5. The van der Waals surface area contributed by atoms with E-state index in [2.05, 4.69) is 20.1 Å². The Hall–Kier alpha value is -3.49. The Labute approximate surface area is 177 Å². The first-order chi connectivity index (χ1) is 15.1. The zero-order valence-corrected chi connectivity index (χ0v) is 17.1. The van der Waals surface area contributed by atoms with Crippen LogP contribution < -0.4 is 10.3 Å². The lowest BCUT2D eigenvalue weighted by Crippen LogP contribution is -2.23. The summed E-state index contributed by atoms with van der Waals surface area (Å²) >= 11 is 0. The van der Waals surface area contributed by atoms with Crippen molar-refractivity contribution in [2.45, 2.75) is 51.5 Å². The van der Waals surface area contributed by atoms with Crippen molar-refractivity contribution in [3.63, 3.8) is 0 Å². The van der Waals surface area contributed by atoms with Crippen molar-refractivity contribution >= 4 is 11.2 Å². The third kappa shape index (κ3) is 3.60. The molecule has 1 aliphatic carbocycles. The molecule has 0 aliphatic heterocycles. The predicted octanol–water partition coefficient (Wildman–Crippen LogP) is 4.77. The number of aromatic amines is 1. The summed E-state index contributed by atoms with van der Waals surface area (Å²) < 4.78 is 26.6. The van der Waals surface area contributed by atoms with Crippen molar-refractivity contribution in [2.24, 2.45) is 0 Å². The van der Waals surface area contributed by atoms with Crippen molar-refractivity contribution in [3.8, 4) is 23.1 Å². The number of hydrogen-bond acceptors (Lipinski definition) is 6. The first-order valence-electron chi connectivity index (χ1n) is 10.5. The molecule has 0 amide bonds. The zero-order valence-electron chi connectivity index (χ0n) is 17.1. The highest BCUT2D eigenvalue weighted by atomic mass is 19.1. The average molecular weight is 423 g/mol. The molecule has 4 aromatic rings. The molecule has 0 unspecified atom stereocenters. The fourth-order valence-corrected chi connectivity index (χ4v) is 4.11. The normalized spacial score (nSPS) is 14.5. The van der Waals surface area contributed by atoms with Gasteiger partial charge in [0.25, 0.3) is 5.56 Å². The molecule has 1 aromatic carbocycles. The van der Waals surface area contributed by atoms with Crippen molar-refractivity contribution in [1.82, 2.24) is 24.7 Å². The maximum absolute atomic E-state index is 13.9. The Morgan fingerprint density at radius 3 is 2.84 bits per heavy atom. The van der Waals surface area contributed by atoms with Crippen LogP contribution >= 0.6 is 0 Å². The van der Waals surface area contributed by atoms with Gasteiger partial charge < -0.3 is 14.2 Å². The number of rotatable bonds is 6. The maximum Gasteiger partial charge on any atom is 0.306 e. The van der Waals surface area contributed by atoms with Crippen molar-refractivity contribution in [3.05, 3.63) is 52.5 Å². The number of imidazole rings is 1. The van der Waals surface area contributed by atoms with Crippen LogP contribution in [0, 0.1) is 5.82 Å². The molecule has 5 rings (SSSR count). The number of nitrogens with one attached hydrogen (secondary N) is 1. The largest absolute Gasteiger partial charge is 0.425 e. The highest BCUT2D eigenvalue weighted by Crippen LogP contribution is 2.35. The summed E-state index contributed by atoms with van der Waals surface area (Å²) in [6.07, 6.45) is 6.63. The number of hydrogen-bond donors (Lipinski definition) is 1. The van der Waals surface area contributed by atoms with Crippen LogP contribution in [-0.2, 0) is 6.54 Å². The molecule has 160 valence electrons. The van der Waals surface area contributed by atoms with Crippen LogP contribution in [-0.4, -0.2) is 24.7 Å². The molecule has 0 atom stereocenters. The molecule has 1 N–H and O–H groups in total. The average Bonchev–Trinajstić information content (AvgIpc) is 3.53. The molecular weight excluding hydrogens is 401 g/mol. The van der Waals surface area contributed by atoms with E-state index in [1.165, 1.54) is 41.8 Å². The van der Waals surface area contributed by atoms with Gasteiger partial charge >= 0.3 is 6.01 Å². The molecular formula is C22H22FN5O3. The lowest BCUT2D eigenvalue weighted by molar-refractivity contribution is 0.393. The Balaban J connectivity index is 1.61. The van der Waals surface area contributed by atoms with Gasteiger partial charge in [0, 0.05) is 18.5 Å². The molecule has 8 nitrogen and oxygen atoms in total. The number of ether oxygens (including phenoxy) is 1. The van der Waals surface area contributed by atoms with E-state index in [9.17, 15) is 9.18 Å². The van der Waals surface area contributed by atoms with Crippen molar-refractivity contribution < 1.29 is 13.7 Å². The third-order valence-electron chi connectivity index (χ3n) is 5.63. The number of H-pyrrole nitrogens is 1. The molecule has 9 heteroatoms. The van der Waals surface area contributed by atoms with Gasteiger partial charge in [-0.1, -0.05) is 24.9 Å². The third-order valence-corrected chi connectivity index (χ3v) is 5.63. The topological polar surface area (TPSA) is 98.8 Å². The molecule has 1 aliphatic rings. The fourth-order valence-electron chi connectivity index (χ4n) is 4.11. The van der Waals surface area contributed by atoms with Crippen molar-refractivity contribution in [1.29, 1.82) is 0 Å². The summed E-state index contributed by atoms with van der Waals surface area (Å²) in [6, 6.07) is 5.77. The van der Waals surface area contributed by atoms with E-state index in [4.69, 9.17) is 9.26 Å². The molecule has 0 spiro atoms. The van der Waals surface area contributed by atoms with Gasteiger partial charge in [-0.3, -0.25) is 9.36 Å². The van der Waals surface area contributed by atoms with E-state index in [-0.39, 0.29) is 11.6 Å². The molecule has 3 aromatic heterocycles. The van der Waals surface area contributed by atoms with Gasteiger partial charge in [-0.05, 0) is 37.5 Å². The second kappa shape index (κ2) is 7.98. The van der Waals surface area contributed by atoms with E-state index in [0.717, 1.165) is 18.7 Å². The van der Waals surface area contributed by atoms with Gasteiger partial charge in [-0.25, -0.2) is 9.37 Å². The minimum Gasteiger partial charge on any atom is -0.425 e. The van der Waals surface area contributed by atoms with Crippen LogP contribution in [0.2, 0.25) is 0 Å². The van der Waals surface area contributed by atoms with Crippen molar-refractivity contribution in [2.75, 3.05) is 0 Å². The van der Waals surface area contributed by atoms with Crippen LogP contribution in [0.25, 0.3) is 22.5 Å². The summed E-state index contributed by atoms with van der Waals surface area (Å²) in [5.41, 5.74) is 0.861. The molecule has 31 heavy (non-hydrogen) atoms. The Morgan fingerprint density at radius 1 is 1.26 bits per heavy atom. The molecule has 3 heterocycles. The quantitative estimate of drug-likeness (QED) is 0.479. The monoisotopic (exact) mass is 423 g/mol. The van der Waals surface area contributed by atoms with E-state index in [1.54, 1.807) is 6.07 Å². The standard InChI is InChI=1S/C22H22FN5O3/c1-2-11-28-21(29)18-20(26-19(25-18)13-5-3-4-6-13)27-22(28)30-16-8-7-14(23)12-15(16)17-9-10-24-31-17/h7-10,12-13H,2-6,11H2,1H3,(H,25,26). The highest BCUT2D eigenvalue weighted by Gasteiger charge is 2.24. The zero-order chi connectivity index (χ0) is 21.4. The molecule has 0 radical (unpaired) electrons. The SMILES string of the molecule is CCCn1c(Oc2ccc(F)cc2-c2ccno2)nc2nc(C3CCCC3)[nH]c2c1=O. The second-order valence-electron chi connectivity index (χ2n) is 7.77. The highest BCUT2D eigenvalue weighted by molar-refractivity contribution is 5.70. The first-order valence-corrected chi connectivity index (χ1v) is 10.5. The van der Waals surface area contributed by atoms with Gasteiger partial charge in [-0.2, -0.15) is 4.98 Å². The summed E-state index contributed by atoms with van der Waals surface area (Å²) in [6.45, 7) is 2.39. The summed E-state index contributed by atoms with van der Waals surface area (Å²) in [5.74, 6) is 1.35. The Morgan fingerprint density at radius 2 is 2.10 bits per heavy atom. The number of aromatic nitrogens is 5. The lowest BCUT2D eigenvalue weighted by atomic mass is 10.1. The Bertz CT molecular complexity index is 1270. The number of fused-ring (bicyclic) bond motifs is 1. The van der Waals surface area contributed by atoms with Crippen LogP contribution in [0.5, 0.6) is 11.8 Å². The van der Waals surface area contributed by atoms with E-state index >= 15 is 0 Å². The molecule has 1 saturated carbocycles. The van der Waals surface area contributed by atoms with Gasteiger partial charge in [0.1, 0.15) is 17.4 Å². The fraction of sp³-hybridized carbons (Fsp3) is 0.364. The maximum atomic E-state index is 13.9. The molecule has 0 saturated heterocycles. The van der Waals surface area contributed by atoms with Gasteiger partial charge in [0.15, 0.2) is 16.9 Å². The van der Waals surface area contributed by atoms with E-state index in [1.807, 2.05) is 6.92 Å². The number of benzene rings is 1. The molecule has 0 bridgehead atoms. The van der Waals surface area contributed by atoms with Gasteiger partial charge in [0.05, 0.1) is 11.8 Å². The summed E-state index contributed by atoms with van der Waals surface area (Å²) in [5, 5.41) is 3.68. The summed E-state index contributed by atoms with van der Waals surface area (Å²) in [4.78, 5) is 25.6. The van der Waals surface area contributed by atoms with Gasteiger partial charge in [0.2, 0.25) is 0 Å². The van der Waals surface area contributed by atoms with Crippen LogP contribution in [0.3, 0.4) is 0 Å². The molecule has 1 fully saturated rings. The number of halogens is 1. The van der Waals surface area contributed by atoms with Crippen LogP contribution in [0.1, 0.15) is 50.8 Å². The lowest BCUT2D eigenvalue weighted by Gasteiger charge is -2.13. The second-order valence-corrected chi connectivity index (χ2v) is 7.77. The number of nitrogens with zero attached hydrogens (tertiary/aromatic N) is 4. The summed E-state index contributed by atoms with van der Waals surface area (Å²) in [7, 11) is 0. The minimum atomic E-state index is -0.443. The van der Waals surface area contributed by atoms with Crippen LogP contribution in [0.4, 0.5) is 4.39 Å². The Kier molecular flexibility index (Phi) is 5.01. The van der Waals surface area contributed by atoms with E-state index < -0.39 is 5.82 Å².